The van der Waals surface area contributed by atoms with Crippen molar-refractivity contribution in [2.45, 2.75) is 12.5 Å². The molecule has 0 amide bonds. The number of halogens is 3. The van der Waals surface area contributed by atoms with E-state index in [9.17, 15) is 4.39 Å². The molecule has 1 aromatic rings. The van der Waals surface area contributed by atoms with Crippen LogP contribution in [0.25, 0.3) is 0 Å². The largest absolute Gasteiger partial charge is 0.323 e. The van der Waals surface area contributed by atoms with Crippen LogP contribution in [0.2, 0.25) is 10.0 Å². The van der Waals surface area contributed by atoms with Crippen LogP contribution in [0, 0.1) is 17.1 Å². The van der Waals surface area contributed by atoms with Gasteiger partial charge in [-0.05, 0) is 12.1 Å². The van der Waals surface area contributed by atoms with Crippen LogP contribution in [0.3, 0.4) is 0 Å². The van der Waals surface area contributed by atoms with E-state index in [1.54, 1.807) is 0 Å². The lowest BCUT2D eigenvalue weighted by Crippen LogP contribution is -2.12. The van der Waals surface area contributed by atoms with Gasteiger partial charge in [0, 0.05) is 11.6 Å². The van der Waals surface area contributed by atoms with Gasteiger partial charge in [0.05, 0.1) is 22.5 Å². The second-order valence-corrected chi connectivity index (χ2v) is 3.51. The smallest absolute Gasteiger partial charge is 0.129 e. The quantitative estimate of drug-likeness (QED) is 0.798. The fraction of sp³-hybridized carbons (Fsp3) is 0.222. The first-order valence-electron chi connectivity index (χ1n) is 3.84. The second kappa shape index (κ2) is 4.61. The number of nitrogens with zero attached hydrogens (tertiary/aromatic N) is 1. The standard InChI is InChI=1S/C9H7Cl2FN2/c10-5-1-2-6(12)8(9(5)11)7(14)3-4-13/h1-2,7H,3,14H2/t7-/m0/s1. The minimum atomic E-state index is -0.744. The Balaban J connectivity index is 3.19. The number of hydrogen-bond acceptors (Lipinski definition) is 2. The van der Waals surface area contributed by atoms with Crippen LogP contribution < -0.4 is 5.73 Å². The van der Waals surface area contributed by atoms with Crippen molar-refractivity contribution >= 4 is 23.2 Å². The molecule has 14 heavy (non-hydrogen) atoms. The van der Waals surface area contributed by atoms with Crippen LogP contribution in [-0.2, 0) is 0 Å². The van der Waals surface area contributed by atoms with E-state index in [0.717, 1.165) is 0 Å². The Labute approximate surface area is 91.0 Å². The van der Waals surface area contributed by atoms with E-state index in [4.69, 9.17) is 34.2 Å². The van der Waals surface area contributed by atoms with E-state index in [-0.39, 0.29) is 22.0 Å². The zero-order chi connectivity index (χ0) is 10.7. The van der Waals surface area contributed by atoms with Crippen LogP contribution in [-0.4, -0.2) is 0 Å². The van der Waals surface area contributed by atoms with E-state index in [1.807, 2.05) is 6.07 Å². The Morgan fingerprint density at radius 3 is 2.71 bits per heavy atom. The summed E-state index contributed by atoms with van der Waals surface area (Å²) in [7, 11) is 0. The zero-order valence-corrected chi connectivity index (χ0v) is 8.61. The first-order chi connectivity index (χ1) is 6.57. The van der Waals surface area contributed by atoms with Gasteiger partial charge in [0.15, 0.2) is 0 Å². The van der Waals surface area contributed by atoms with Gasteiger partial charge in [-0.15, -0.1) is 0 Å². The Kier molecular flexibility index (Phi) is 3.70. The maximum atomic E-state index is 13.3. The Bertz CT molecular complexity index is 387. The van der Waals surface area contributed by atoms with E-state index in [2.05, 4.69) is 0 Å². The molecule has 0 aliphatic carbocycles. The summed E-state index contributed by atoms with van der Waals surface area (Å²) in [5, 5.41) is 8.73. The molecule has 0 aliphatic heterocycles. The van der Waals surface area contributed by atoms with Crippen molar-refractivity contribution in [2.75, 3.05) is 0 Å². The Morgan fingerprint density at radius 1 is 1.50 bits per heavy atom. The lowest BCUT2D eigenvalue weighted by molar-refractivity contribution is 0.585. The predicted octanol–water partition coefficient (Wildman–Crippen LogP) is 3.05. The molecule has 2 N–H and O–H groups in total. The molecule has 1 rings (SSSR count). The monoisotopic (exact) mass is 232 g/mol. The molecule has 0 saturated heterocycles. The van der Waals surface area contributed by atoms with Crippen LogP contribution in [0.5, 0.6) is 0 Å². The van der Waals surface area contributed by atoms with Crippen molar-refractivity contribution < 1.29 is 4.39 Å². The van der Waals surface area contributed by atoms with Gasteiger partial charge in [-0.25, -0.2) is 4.39 Å². The molecule has 0 aliphatic rings. The zero-order valence-electron chi connectivity index (χ0n) is 7.10. The summed E-state index contributed by atoms with van der Waals surface area (Å²) in [6.07, 6.45) is -0.00299. The van der Waals surface area contributed by atoms with Crippen LogP contribution in [0.4, 0.5) is 4.39 Å². The first kappa shape index (κ1) is 11.3. The van der Waals surface area contributed by atoms with Gasteiger partial charge < -0.3 is 5.73 Å². The van der Waals surface area contributed by atoms with Crippen LogP contribution in [0.15, 0.2) is 12.1 Å². The number of nitriles is 1. The van der Waals surface area contributed by atoms with Gasteiger partial charge in [-0.1, -0.05) is 23.2 Å². The lowest BCUT2D eigenvalue weighted by Gasteiger charge is -2.12. The molecular formula is C9H7Cl2FN2. The fourth-order valence-corrected chi connectivity index (χ4v) is 1.54. The van der Waals surface area contributed by atoms with Gasteiger partial charge in [0.2, 0.25) is 0 Å². The molecule has 0 spiro atoms. The van der Waals surface area contributed by atoms with Crippen molar-refractivity contribution in [2.24, 2.45) is 5.73 Å². The molecule has 0 saturated carbocycles. The molecule has 0 radical (unpaired) electrons. The van der Waals surface area contributed by atoms with Crippen molar-refractivity contribution in [1.29, 1.82) is 5.26 Å². The summed E-state index contributed by atoms with van der Waals surface area (Å²) >= 11 is 11.5. The van der Waals surface area contributed by atoms with Gasteiger partial charge in [-0.3, -0.25) is 0 Å². The minimum absolute atomic E-state index is 0.00299. The van der Waals surface area contributed by atoms with Gasteiger partial charge in [0.25, 0.3) is 0 Å². The first-order valence-corrected chi connectivity index (χ1v) is 4.59. The highest BCUT2D eigenvalue weighted by Crippen LogP contribution is 2.32. The van der Waals surface area contributed by atoms with Crippen molar-refractivity contribution in [3.05, 3.63) is 33.6 Å². The molecule has 0 fully saturated rings. The third-order valence-electron chi connectivity index (χ3n) is 1.76. The Morgan fingerprint density at radius 2 is 2.14 bits per heavy atom. The van der Waals surface area contributed by atoms with Gasteiger partial charge >= 0.3 is 0 Å². The molecule has 2 nitrogen and oxygen atoms in total. The van der Waals surface area contributed by atoms with E-state index < -0.39 is 11.9 Å². The molecule has 1 atom stereocenters. The van der Waals surface area contributed by atoms with E-state index in [0.29, 0.717) is 0 Å². The molecule has 0 bridgehead atoms. The average Bonchev–Trinajstić information content (AvgIpc) is 2.13. The summed E-state index contributed by atoms with van der Waals surface area (Å²) in [5.41, 5.74) is 5.67. The topological polar surface area (TPSA) is 49.8 Å². The molecule has 0 heterocycles. The second-order valence-electron chi connectivity index (χ2n) is 2.73. The number of benzene rings is 1. The van der Waals surface area contributed by atoms with Gasteiger partial charge in [-0.2, -0.15) is 5.26 Å². The highest BCUT2D eigenvalue weighted by atomic mass is 35.5. The van der Waals surface area contributed by atoms with E-state index in [1.165, 1.54) is 12.1 Å². The average molecular weight is 233 g/mol. The van der Waals surface area contributed by atoms with Crippen molar-refractivity contribution in [1.82, 2.24) is 0 Å². The molecule has 0 unspecified atom stereocenters. The SMILES string of the molecule is N#CC[C@H](N)c1c(F)ccc(Cl)c1Cl. The third kappa shape index (κ3) is 2.16. The molecule has 74 valence electrons. The fourth-order valence-electron chi connectivity index (χ4n) is 1.08. The minimum Gasteiger partial charge on any atom is -0.323 e. The highest BCUT2D eigenvalue weighted by molar-refractivity contribution is 6.42. The van der Waals surface area contributed by atoms with Gasteiger partial charge in [0.1, 0.15) is 5.82 Å². The lowest BCUT2D eigenvalue weighted by atomic mass is 10.0. The number of rotatable bonds is 2. The van der Waals surface area contributed by atoms with Crippen molar-refractivity contribution in [3.8, 4) is 6.07 Å². The summed E-state index contributed by atoms with van der Waals surface area (Å²) < 4.78 is 13.3. The number of nitrogens with two attached hydrogens (primary N) is 1. The predicted molar refractivity (Wildman–Crippen MR) is 53.6 cm³/mol. The molecular weight excluding hydrogens is 226 g/mol. The molecule has 5 heteroatoms. The summed E-state index contributed by atoms with van der Waals surface area (Å²) in [5.74, 6) is -0.540. The molecule has 1 aromatic carbocycles. The molecule has 0 aromatic heterocycles. The summed E-state index contributed by atoms with van der Waals surface area (Å²) in [6, 6.07) is 3.63. The van der Waals surface area contributed by atoms with Crippen LogP contribution in [0.1, 0.15) is 18.0 Å². The van der Waals surface area contributed by atoms with Crippen molar-refractivity contribution in [3.63, 3.8) is 0 Å². The maximum absolute atomic E-state index is 13.3. The van der Waals surface area contributed by atoms with Crippen LogP contribution >= 0.6 is 23.2 Å². The normalized spacial score (nSPS) is 12.2. The Hall–Kier alpha value is -0.820. The number of hydrogen-bond donors (Lipinski definition) is 1. The summed E-state index contributed by atoms with van der Waals surface area (Å²) in [6.45, 7) is 0. The summed E-state index contributed by atoms with van der Waals surface area (Å²) in [4.78, 5) is 0. The third-order valence-corrected chi connectivity index (χ3v) is 2.58. The maximum Gasteiger partial charge on any atom is 0.129 e. The highest BCUT2D eigenvalue weighted by Gasteiger charge is 2.17. The van der Waals surface area contributed by atoms with E-state index >= 15 is 0 Å².